The molecule has 2 aromatic rings. The number of alkyl carbamates (subject to hydrolysis) is 1. The van der Waals surface area contributed by atoms with Gasteiger partial charge in [0.25, 0.3) is 0 Å². The van der Waals surface area contributed by atoms with E-state index in [2.05, 4.69) is 15.4 Å². The van der Waals surface area contributed by atoms with Crippen LogP contribution in [0, 0.1) is 0 Å². The summed E-state index contributed by atoms with van der Waals surface area (Å²) in [6.07, 6.45) is 1.08. The van der Waals surface area contributed by atoms with Crippen LogP contribution in [-0.2, 0) is 16.0 Å². The van der Waals surface area contributed by atoms with E-state index >= 15 is 0 Å². The van der Waals surface area contributed by atoms with E-state index in [1.54, 1.807) is 6.26 Å². The molecule has 3 heterocycles. The predicted octanol–water partition coefficient (Wildman–Crippen LogP) is 2.66. The van der Waals surface area contributed by atoms with Crippen LogP contribution in [0.5, 0.6) is 0 Å². The normalized spacial score (nSPS) is 18.7. The van der Waals surface area contributed by atoms with Crippen LogP contribution >= 0.6 is 0 Å². The van der Waals surface area contributed by atoms with Crippen LogP contribution in [-0.4, -0.2) is 54.1 Å². The Morgan fingerprint density at radius 3 is 3.00 bits per heavy atom. The molecule has 3 rings (SSSR count). The highest BCUT2D eigenvalue weighted by Gasteiger charge is 2.23. The third-order valence-electron chi connectivity index (χ3n) is 3.80. The molecule has 26 heavy (non-hydrogen) atoms. The third kappa shape index (κ3) is 5.34. The van der Waals surface area contributed by atoms with Gasteiger partial charge in [0.15, 0.2) is 5.76 Å². The molecule has 2 aromatic heterocycles. The maximum absolute atomic E-state index is 11.8. The number of nitrogens with one attached hydrogen (secondary N) is 1. The van der Waals surface area contributed by atoms with Crippen LogP contribution in [0.2, 0.25) is 0 Å². The lowest BCUT2D eigenvalue weighted by Crippen LogP contribution is -2.47. The Morgan fingerprint density at radius 1 is 1.42 bits per heavy atom. The van der Waals surface area contributed by atoms with E-state index in [0.29, 0.717) is 37.8 Å². The first-order valence-corrected chi connectivity index (χ1v) is 8.69. The molecule has 0 radical (unpaired) electrons. The summed E-state index contributed by atoms with van der Waals surface area (Å²) in [5, 5.41) is 6.86. The second-order valence-corrected chi connectivity index (χ2v) is 7.27. The predicted molar refractivity (Wildman–Crippen MR) is 93.5 cm³/mol. The van der Waals surface area contributed by atoms with Crippen molar-refractivity contribution in [2.75, 3.05) is 26.2 Å². The fourth-order valence-corrected chi connectivity index (χ4v) is 2.71. The Kier molecular flexibility index (Phi) is 5.63. The number of nitrogens with zero attached hydrogens (tertiary/aromatic N) is 2. The minimum atomic E-state index is -0.512. The van der Waals surface area contributed by atoms with Gasteiger partial charge in [-0.1, -0.05) is 5.16 Å². The fraction of sp³-hybridized carbons (Fsp3) is 0.556. The lowest BCUT2D eigenvalue weighted by atomic mass is 10.2. The number of amides is 1. The zero-order valence-corrected chi connectivity index (χ0v) is 15.4. The van der Waals surface area contributed by atoms with Crippen LogP contribution in [0.25, 0.3) is 11.5 Å². The molecule has 0 aliphatic carbocycles. The summed E-state index contributed by atoms with van der Waals surface area (Å²) < 4.78 is 21.6. The molecule has 8 nitrogen and oxygen atoms in total. The largest absolute Gasteiger partial charge is 0.461 e. The molecule has 1 atom stereocenters. The van der Waals surface area contributed by atoms with Gasteiger partial charge in [0, 0.05) is 32.2 Å². The van der Waals surface area contributed by atoms with Crippen molar-refractivity contribution in [3.63, 3.8) is 0 Å². The molecule has 1 aliphatic rings. The summed E-state index contributed by atoms with van der Waals surface area (Å²) >= 11 is 0. The van der Waals surface area contributed by atoms with Gasteiger partial charge >= 0.3 is 6.09 Å². The highest BCUT2D eigenvalue weighted by atomic mass is 16.6. The van der Waals surface area contributed by atoms with Crippen LogP contribution in [0.15, 0.2) is 33.4 Å². The van der Waals surface area contributed by atoms with Gasteiger partial charge in [-0.25, -0.2) is 4.79 Å². The summed E-state index contributed by atoms with van der Waals surface area (Å²) in [5.41, 5.74) is 0.319. The third-order valence-corrected chi connectivity index (χ3v) is 3.80. The Morgan fingerprint density at radius 2 is 2.27 bits per heavy atom. The van der Waals surface area contributed by atoms with Crippen LogP contribution < -0.4 is 5.32 Å². The second kappa shape index (κ2) is 7.92. The van der Waals surface area contributed by atoms with Gasteiger partial charge in [0.05, 0.1) is 24.7 Å². The quantitative estimate of drug-likeness (QED) is 0.873. The van der Waals surface area contributed by atoms with Crippen LogP contribution in [0.4, 0.5) is 4.79 Å². The Balaban J connectivity index is 1.47. The summed E-state index contributed by atoms with van der Waals surface area (Å²) in [4.78, 5) is 14.0. The van der Waals surface area contributed by atoms with Gasteiger partial charge in [-0.05, 0) is 32.9 Å². The summed E-state index contributed by atoms with van der Waals surface area (Å²) in [6.45, 7) is 8.65. The Labute approximate surface area is 152 Å². The highest BCUT2D eigenvalue weighted by molar-refractivity contribution is 5.67. The van der Waals surface area contributed by atoms with Crippen molar-refractivity contribution >= 4 is 6.09 Å². The SMILES string of the molecule is CC(C)(C)OC(=O)NC[C@@H]1CN(Cc2cc(-c3ccco3)on2)CCO1. The maximum atomic E-state index is 11.8. The molecule has 0 saturated carbocycles. The molecule has 0 spiro atoms. The van der Waals surface area contributed by atoms with Crippen molar-refractivity contribution in [1.29, 1.82) is 0 Å². The van der Waals surface area contributed by atoms with E-state index in [1.807, 2.05) is 39.0 Å². The Hall–Kier alpha value is -2.32. The molecule has 1 N–H and O–H groups in total. The number of hydrogen-bond acceptors (Lipinski definition) is 7. The molecule has 1 aliphatic heterocycles. The molecule has 142 valence electrons. The minimum absolute atomic E-state index is 0.0901. The molecule has 0 aromatic carbocycles. The van der Waals surface area contributed by atoms with Gasteiger partial charge in [0.1, 0.15) is 5.60 Å². The minimum Gasteiger partial charge on any atom is -0.461 e. The van der Waals surface area contributed by atoms with Crippen molar-refractivity contribution < 1.29 is 23.2 Å². The lowest BCUT2D eigenvalue weighted by molar-refractivity contribution is -0.0318. The van der Waals surface area contributed by atoms with E-state index in [4.69, 9.17) is 18.4 Å². The number of aromatic nitrogens is 1. The second-order valence-electron chi connectivity index (χ2n) is 7.27. The smallest absolute Gasteiger partial charge is 0.407 e. The van der Waals surface area contributed by atoms with E-state index in [-0.39, 0.29) is 6.10 Å². The zero-order chi connectivity index (χ0) is 18.6. The number of rotatable bonds is 5. The number of hydrogen-bond donors (Lipinski definition) is 1. The molecule has 8 heteroatoms. The van der Waals surface area contributed by atoms with Crippen molar-refractivity contribution in [3.8, 4) is 11.5 Å². The standard InChI is InChI=1S/C18H25N3O5/c1-18(2,3)25-17(22)19-10-14-12-21(6-8-23-14)11-13-9-16(26-20-13)15-5-4-7-24-15/h4-5,7,9,14H,6,8,10-12H2,1-3H3,(H,19,22)/t14-/m1/s1. The number of carbonyl (C=O) groups excluding carboxylic acids is 1. The van der Waals surface area contributed by atoms with Gasteiger partial charge in [-0.3, -0.25) is 4.90 Å². The molecule has 0 bridgehead atoms. The van der Waals surface area contributed by atoms with Crippen LogP contribution in [0.1, 0.15) is 26.5 Å². The zero-order valence-electron chi connectivity index (χ0n) is 15.4. The van der Waals surface area contributed by atoms with Gasteiger partial charge in [-0.15, -0.1) is 0 Å². The van der Waals surface area contributed by atoms with Crippen molar-refractivity contribution in [3.05, 3.63) is 30.2 Å². The van der Waals surface area contributed by atoms with Gasteiger partial charge < -0.3 is 23.7 Å². The van der Waals surface area contributed by atoms with E-state index in [0.717, 1.165) is 12.2 Å². The van der Waals surface area contributed by atoms with Crippen molar-refractivity contribution in [2.24, 2.45) is 0 Å². The number of ether oxygens (including phenoxy) is 2. The molecular weight excluding hydrogens is 338 g/mol. The summed E-state index contributed by atoms with van der Waals surface area (Å²) in [5.74, 6) is 1.27. The summed E-state index contributed by atoms with van der Waals surface area (Å²) in [7, 11) is 0. The fourth-order valence-electron chi connectivity index (χ4n) is 2.71. The lowest BCUT2D eigenvalue weighted by Gasteiger charge is -2.32. The molecule has 1 saturated heterocycles. The molecule has 1 fully saturated rings. The van der Waals surface area contributed by atoms with E-state index in [1.165, 1.54) is 0 Å². The topological polar surface area (TPSA) is 90.0 Å². The summed E-state index contributed by atoms with van der Waals surface area (Å²) in [6, 6.07) is 5.52. The monoisotopic (exact) mass is 363 g/mol. The number of morpholine rings is 1. The van der Waals surface area contributed by atoms with E-state index in [9.17, 15) is 4.79 Å². The van der Waals surface area contributed by atoms with Gasteiger partial charge in [-0.2, -0.15) is 0 Å². The molecule has 1 amide bonds. The number of carbonyl (C=O) groups is 1. The number of furan rings is 1. The van der Waals surface area contributed by atoms with Crippen molar-refractivity contribution in [1.82, 2.24) is 15.4 Å². The van der Waals surface area contributed by atoms with Crippen LogP contribution in [0.3, 0.4) is 0 Å². The average molecular weight is 363 g/mol. The molecule has 0 unspecified atom stereocenters. The Bertz CT molecular complexity index is 705. The molecular formula is C18H25N3O5. The highest BCUT2D eigenvalue weighted by Crippen LogP contribution is 2.21. The van der Waals surface area contributed by atoms with E-state index < -0.39 is 11.7 Å². The van der Waals surface area contributed by atoms with Gasteiger partial charge in [0.2, 0.25) is 5.76 Å². The first-order valence-electron chi connectivity index (χ1n) is 8.69. The average Bonchev–Trinajstić information content (AvgIpc) is 3.23. The maximum Gasteiger partial charge on any atom is 0.407 e. The van der Waals surface area contributed by atoms with Crippen molar-refractivity contribution in [2.45, 2.75) is 39.0 Å². The first-order chi connectivity index (χ1) is 12.4. The first kappa shape index (κ1) is 18.5.